The lowest BCUT2D eigenvalue weighted by molar-refractivity contribution is -0.146. The Balaban J connectivity index is 2.50. The van der Waals surface area contributed by atoms with E-state index in [4.69, 9.17) is 10.5 Å². The van der Waals surface area contributed by atoms with Crippen LogP contribution in [0.2, 0.25) is 0 Å². The standard InChI is InChI=1S/C28H44N4O5/c1-7-19(3)32(26(35)22(17-23(29)33)31-27(36)37-28(4,5)6)24(21-16-12-11-13-18(21)2)25(34)30-20-14-9-8-10-15-20/h11-13,16,19-20,22,24H,7-10,14-15,17H2,1-6H3,(H2,29,33)(H,30,34)(H,31,36). The van der Waals surface area contributed by atoms with E-state index in [-0.39, 0.29) is 18.0 Å². The van der Waals surface area contributed by atoms with Gasteiger partial charge in [-0.15, -0.1) is 0 Å². The van der Waals surface area contributed by atoms with Crippen molar-refractivity contribution in [1.29, 1.82) is 0 Å². The number of amides is 4. The van der Waals surface area contributed by atoms with Gasteiger partial charge in [0, 0.05) is 12.1 Å². The van der Waals surface area contributed by atoms with Gasteiger partial charge in [0.2, 0.25) is 17.7 Å². The summed E-state index contributed by atoms with van der Waals surface area (Å²) in [6.45, 7) is 10.8. The number of benzene rings is 1. The van der Waals surface area contributed by atoms with Crippen molar-refractivity contribution in [2.75, 3.05) is 0 Å². The molecule has 0 saturated heterocycles. The molecule has 0 aromatic heterocycles. The van der Waals surface area contributed by atoms with Crippen LogP contribution in [0.1, 0.15) is 96.7 Å². The molecule has 3 atom stereocenters. The Morgan fingerprint density at radius 1 is 1.11 bits per heavy atom. The van der Waals surface area contributed by atoms with Crippen molar-refractivity contribution in [2.45, 2.75) is 116 Å². The van der Waals surface area contributed by atoms with Gasteiger partial charge in [-0.3, -0.25) is 14.4 Å². The Kier molecular flexibility index (Phi) is 10.9. The molecule has 1 aliphatic carbocycles. The molecule has 9 heteroatoms. The number of nitrogens with one attached hydrogen (secondary N) is 2. The first-order valence-electron chi connectivity index (χ1n) is 13.3. The number of carbonyl (C=O) groups is 4. The minimum atomic E-state index is -1.28. The second kappa shape index (κ2) is 13.4. The number of alkyl carbamates (subject to hydrolysis) is 1. The Morgan fingerprint density at radius 3 is 2.27 bits per heavy atom. The normalized spacial score (nSPS) is 16.7. The highest BCUT2D eigenvalue weighted by Gasteiger charge is 2.40. The molecule has 1 fully saturated rings. The van der Waals surface area contributed by atoms with E-state index in [1.165, 1.54) is 4.90 Å². The lowest BCUT2D eigenvalue weighted by atomic mass is 9.93. The van der Waals surface area contributed by atoms with Crippen molar-refractivity contribution in [3.63, 3.8) is 0 Å². The fourth-order valence-electron chi connectivity index (χ4n) is 4.66. The number of hydrogen-bond acceptors (Lipinski definition) is 5. The second-order valence-corrected chi connectivity index (χ2v) is 11.0. The van der Waals surface area contributed by atoms with Gasteiger partial charge in [0.25, 0.3) is 0 Å². The van der Waals surface area contributed by atoms with Crippen LogP contribution in [0.3, 0.4) is 0 Å². The third kappa shape index (κ3) is 9.05. The minimum Gasteiger partial charge on any atom is -0.444 e. The van der Waals surface area contributed by atoms with Crippen LogP contribution in [0, 0.1) is 6.92 Å². The van der Waals surface area contributed by atoms with Crippen LogP contribution < -0.4 is 16.4 Å². The second-order valence-electron chi connectivity index (χ2n) is 11.0. The highest BCUT2D eigenvalue weighted by molar-refractivity contribution is 5.95. The first-order chi connectivity index (χ1) is 17.3. The summed E-state index contributed by atoms with van der Waals surface area (Å²) < 4.78 is 5.33. The highest BCUT2D eigenvalue weighted by Crippen LogP contribution is 2.30. The average Bonchev–Trinajstić information content (AvgIpc) is 2.81. The summed E-state index contributed by atoms with van der Waals surface area (Å²) in [5, 5.41) is 5.69. The SMILES string of the molecule is CCC(C)N(C(=O)C(CC(N)=O)NC(=O)OC(C)(C)C)C(C(=O)NC1CCCCC1)c1ccccc1C. The van der Waals surface area contributed by atoms with E-state index in [9.17, 15) is 19.2 Å². The van der Waals surface area contributed by atoms with Crippen LogP contribution in [-0.4, -0.2) is 52.4 Å². The van der Waals surface area contributed by atoms with Crippen LogP contribution in [0.5, 0.6) is 0 Å². The predicted octanol–water partition coefficient (Wildman–Crippen LogP) is 3.88. The van der Waals surface area contributed by atoms with Crippen molar-refractivity contribution in [2.24, 2.45) is 5.73 Å². The van der Waals surface area contributed by atoms with Crippen molar-refractivity contribution >= 4 is 23.8 Å². The fourth-order valence-corrected chi connectivity index (χ4v) is 4.66. The molecule has 1 aliphatic rings. The number of nitrogens with two attached hydrogens (primary N) is 1. The van der Waals surface area contributed by atoms with E-state index in [2.05, 4.69) is 10.6 Å². The third-order valence-corrected chi connectivity index (χ3v) is 6.68. The lowest BCUT2D eigenvalue weighted by Gasteiger charge is -2.39. The largest absolute Gasteiger partial charge is 0.444 e. The number of primary amides is 1. The molecular formula is C28H44N4O5. The number of aryl methyl sites for hydroxylation is 1. The lowest BCUT2D eigenvalue weighted by Crippen LogP contribution is -2.57. The maximum Gasteiger partial charge on any atom is 0.408 e. The summed E-state index contributed by atoms with van der Waals surface area (Å²) in [6, 6.07) is 4.90. The minimum absolute atomic E-state index is 0.0444. The average molecular weight is 517 g/mol. The summed E-state index contributed by atoms with van der Waals surface area (Å²) >= 11 is 0. The molecule has 0 bridgehead atoms. The highest BCUT2D eigenvalue weighted by atomic mass is 16.6. The molecule has 4 amide bonds. The van der Waals surface area contributed by atoms with Crippen molar-refractivity contribution < 1.29 is 23.9 Å². The predicted molar refractivity (Wildman–Crippen MR) is 143 cm³/mol. The van der Waals surface area contributed by atoms with Gasteiger partial charge in [-0.1, -0.05) is 50.5 Å². The molecule has 37 heavy (non-hydrogen) atoms. The molecule has 0 aliphatic heterocycles. The summed E-state index contributed by atoms with van der Waals surface area (Å²) in [6.07, 6.45) is 4.34. The van der Waals surface area contributed by atoms with Crippen LogP contribution in [-0.2, 0) is 19.1 Å². The number of rotatable bonds is 10. The summed E-state index contributed by atoms with van der Waals surface area (Å²) in [4.78, 5) is 53.9. The fraction of sp³-hybridized carbons (Fsp3) is 0.643. The van der Waals surface area contributed by atoms with Gasteiger partial charge in [-0.25, -0.2) is 4.79 Å². The van der Waals surface area contributed by atoms with Crippen LogP contribution in [0.25, 0.3) is 0 Å². The van der Waals surface area contributed by atoms with Crippen LogP contribution in [0.15, 0.2) is 24.3 Å². The Bertz CT molecular complexity index is 952. The zero-order valence-corrected chi connectivity index (χ0v) is 23.1. The van der Waals surface area contributed by atoms with Gasteiger partial charge in [-0.05, 0) is 65.0 Å². The smallest absolute Gasteiger partial charge is 0.408 e. The number of ether oxygens (including phenoxy) is 1. The van der Waals surface area contributed by atoms with E-state index in [1.807, 2.05) is 45.0 Å². The molecule has 0 spiro atoms. The number of nitrogens with zero attached hydrogens (tertiary/aromatic N) is 1. The van der Waals surface area contributed by atoms with E-state index < -0.39 is 42.0 Å². The summed E-state index contributed by atoms with van der Waals surface area (Å²) in [5.41, 5.74) is 6.21. The molecule has 4 N–H and O–H groups in total. The summed E-state index contributed by atoms with van der Waals surface area (Å²) in [7, 11) is 0. The molecule has 2 rings (SSSR count). The van der Waals surface area contributed by atoms with Gasteiger partial charge in [-0.2, -0.15) is 0 Å². The van der Waals surface area contributed by atoms with Crippen molar-refractivity contribution in [3.05, 3.63) is 35.4 Å². The van der Waals surface area contributed by atoms with E-state index in [0.717, 1.165) is 37.7 Å². The Labute approximate surface area is 220 Å². The molecular weight excluding hydrogens is 472 g/mol. The zero-order chi connectivity index (χ0) is 27.8. The first-order valence-corrected chi connectivity index (χ1v) is 13.3. The molecule has 206 valence electrons. The molecule has 0 heterocycles. The van der Waals surface area contributed by atoms with Crippen LogP contribution in [0.4, 0.5) is 4.79 Å². The van der Waals surface area contributed by atoms with E-state index in [0.29, 0.717) is 12.0 Å². The molecule has 1 aromatic rings. The molecule has 9 nitrogen and oxygen atoms in total. The van der Waals surface area contributed by atoms with E-state index >= 15 is 0 Å². The number of hydrogen-bond donors (Lipinski definition) is 3. The van der Waals surface area contributed by atoms with Crippen molar-refractivity contribution in [1.82, 2.24) is 15.5 Å². The maximum absolute atomic E-state index is 14.1. The van der Waals surface area contributed by atoms with Gasteiger partial charge in [0.05, 0.1) is 6.42 Å². The topological polar surface area (TPSA) is 131 Å². The molecule has 0 radical (unpaired) electrons. The zero-order valence-electron chi connectivity index (χ0n) is 23.1. The maximum atomic E-state index is 14.1. The third-order valence-electron chi connectivity index (χ3n) is 6.68. The molecule has 1 saturated carbocycles. The first kappa shape index (κ1) is 30.1. The van der Waals surface area contributed by atoms with Gasteiger partial charge >= 0.3 is 6.09 Å². The monoisotopic (exact) mass is 516 g/mol. The Morgan fingerprint density at radius 2 is 1.73 bits per heavy atom. The summed E-state index contributed by atoms with van der Waals surface area (Å²) in [5.74, 6) is -1.59. The van der Waals surface area contributed by atoms with Gasteiger partial charge in [0.15, 0.2) is 0 Å². The van der Waals surface area contributed by atoms with Gasteiger partial charge in [0.1, 0.15) is 17.7 Å². The van der Waals surface area contributed by atoms with Crippen LogP contribution >= 0.6 is 0 Å². The Hall–Kier alpha value is -3.10. The number of carbonyl (C=O) groups excluding carboxylic acids is 4. The van der Waals surface area contributed by atoms with Crippen molar-refractivity contribution in [3.8, 4) is 0 Å². The molecule has 1 aromatic carbocycles. The van der Waals surface area contributed by atoms with Gasteiger partial charge < -0.3 is 26.0 Å². The molecule has 3 unspecified atom stereocenters. The van der Waals surface area contributed by atoms with E-state index in [1.54, 1.807) is 20.8 Å². The quantitative estimate of drug-likeness (QED) is 0.434.